The molecule has 6 heteroatoms. The smallest absolute Gasteiger partial charge is 0.253 e. The number of nitrogens with one attached hydrogen (secondary N) is 2. The maximum absolute atomic E-state index is 12.1. The summed E-state index contributed by atoms with van der Waals surface area (Å²) >= 11 is 3.44. The van der Waals surface area contributed by atoms with Crippen molar-refractivity contribution in [1.82, 2.24) is 0 Å². The standard InChI is InChI=1S/C22H21BrN2O3/c23-16-5-3-15(4-6-16)20-12-11-19(28-20)14-24-17-7-9-18(10-8-17)25-22(26)21-2-1-13-27-21/h3-12,21,24H,1-2,13-14H2,(H,25,26). The van der Waals surface area contributed by atoms with Crippen LogP contribution in [0.2, 0.25) is 0 Å². The average Bonchev–Trinajstić information content (AvgIpc) is 3.40. The van der Waals surface area contributed by atoms with Gasteiger partial charge in [0, 0.05) is 28.0 Å². The molecule has 28 heavy (non-hydrogen) atoms. The number of amides is 1. The maximum atomic E-state index is 12.1. The zero-order chi connectivity index (χ0) is 19.3. The summed E-state index contributed by atoms with van der Waals surface area (Å²) in [6.45, 7) is 1.25. The van der Waals surface area contributed by atoms with Crippen molar-refractivity contribution in [3.63, 3.8) is 0 Å². The van der Waals surface area contributed by atoms with Gasteiger partial charge in [-0.15, -0.1) is 0 Å². The molecule has 0 aliphatic carbocycles. The molecule has 144 valence electrons. The summed E-state index contributed by atoms with van der Waals surface area (Å²) in [7, 11) is 0. The Hall–Kier alpha value is -2.57. The van der Waals surface area contributed by atoms with Gasteiger partial charge in [0.15, 0.2) is 0 Å². The minimum absolute atomic E-state index is 0.0748. The third kappa shape index (κ3) is 4.64. The Morgan fingerprint density at radius 1 is 1.00 bits per heavy atom. The van der Waals surface area contributed by atoms with Crippen LogP contribution in [0, 0.1) is 0 Å². The summed E-state index contributed by atoms with van der Waals surface area (Å²) in [6, 6.07) is 19.6. The molecule has 3 aromatic rings. The normalized spacial score (nSPS) is 16.1. The van der Waals surface area contributed by atoms with Gasteiger partial charge in [-0.3, -0.25) is 4.79 Å². The van der Waals surface area contributed by atoms with Gasteiger partial charge in [-0.25, -0.2) is 0 Å². The van der Waals surface area contributed by atoms with Crippen LogP contribution in [-0.2, 0) is 16.1 Å². The molecule has 1 atom stereocenters. The van der Waals surface area contributed by atoms with Crippen LogP contribution in [-0.4, -0.2) is 18.6 Å². The van der Waals surface area contributed by atoms with Crippen LogP contribution in [0.15, 0.2) is 69.6 Å². The van der Waals surface area contributed by atoms with Gasteiger partial charge in [0.1, 0.15) is 17.6 Å². The molecule has 2 aromatic carbocycles. The summed E-state index contributed by atoms with van der Waals surface area (Å²) in [6.07, 6.45) is 1.41. The van der Waals surface area contributed by atoms with Crippen LogP contribution in [0.1, 0.15) is 18.6 Å². The van der Waals surface area contributed by atoms with Gasteiger partial charge in [0.05, 0.1) is 6.54 Å². The van der Waals surface area contributed by atoms with E-state index in [1.807, 2.05) is 60.7 Å². The van der Waals surface area contributed by atoms with E-state index < -0.39 is 0 Å². The van der Waals surface area contributed by atoms with E-state index in [1.54, 1.807) is 0 Å². The molecule has 1 aliphatic rings. The molecule has 2 heterocycles. The molecule has 1 aliphatic heterocycles. The second-order valence-corrected chi connectivity index (χ2v) is 7.61. The predicted octanol–water partition coefficient (Wildman–Crippen LogP) is 5.44. The zero-order valence-electron chi connectivity index (χ0n) is 15.3. The number of ether oxygens (including phenoxy) is 1. The van der Waals surface area contributed by atoms with Gasteiger partial charge in [0.2, 0.25) is 0 Å². The number of carbonyl (C=O) groups is 1. The number of carbonyl (C=O) groups excluding carboxylic acids is 1. The minimum Gasteiger partial charge on any atom is -0.459 e. The van der Waals surface area contributed by atoms with E-state index in [9.17, 15) is 4.79 Å². The maximum Gasteiger partial charge on any atom is 0.253 e. The van der Waals surface area contributed by atoms with E-state index in [0.717, 1.165) is 45.8 Å². The van der Waals surface area contributed by atoms with Gasteiger partial charge >= 0.3 is 0 Å². The monoisotopic (exact) mass is 440 g/mol. The number of furan rings is 1. The Balaban J connectivity index is 1.31. The lowest BCUT2D eigenvalue weighted by Crippen LogP contribution is -2.26. The minimum atomic E-state index is -0.323. The highest BCUT2D eigenvalue weighted by atomic mass is 79.9. The van der Waals surface area contributed by atoms with Gasteiger partial charge in [-0.05, 0) is 61.4 Å². The number of hydrogen-bond donors (Lipinski definition) is 2. The van der Waals surface area contributed by atoms with Crippen molar-refractivity contribution >= 4 is 33.2 Å². The highest BCUT2D eigenvalue weighted by Crippen LogP contribution is 2.24. The van der Waals surface area contributed by atoms with Crippen LogP contribution < -0.4 is 10.6 Å². The lowest BCUT2D eigenvalue weighted by Gasteiger charge is -2.11. The molecule has 1 saturated heterocycles. The van der Waals surface area contributed by atoms with Crippen molar-refractivity contribution in [3.8, 4) is 11.3 Å². The lowest BCUT2D eigenvalue weighted by molar-refractivity contribution is -0.124. The molecule has 4 rings (SSSR count). The Kier molecular flexibility index (Phi) is 5.78. The number of rotatable bonds is 6. The topological polar surface area (TPSA) is 63.5 Å². The second-order valence-electron chi connectivity index (χ2n) is 6.69. The lowest BCUT2D eigenvalue weighted by atomic mass is 10.2. The van der Waals surface area contributed by atoms with E-state index in [0.29, 0.717) is 13.2 Å². The molecule has 0 saturated carbocycles. The molecule has 2 N–H and O–H groups in total. The summed E-state index contributed by atoms with van der Waals surface area (Å²) in [5.74, 6) is 1.62. The second kappa shape index (κ2) is 8.63. The summed E-state index contributed by atoms with van der Waals surface area (Å²) in [5, 5.41) is 6.23. The van der Waals surface area contributed by atoms with E-state index in [1.165, 1.54) is 0 Å². The van der Waals surface area contributed by atoms with Crippen LogP contribution in [0.3, 0.4) is 0 Å². The van der Waals surface area contributed by atoms with Gasteiger partial charge in [-0.2, -0.15) is 0 Å². The molecular weight excluding hydrogens is 420 g/mol. The van der Waals surface area contributed by atoms with Crippen molar-refractivity contribution in [3.05, 3.63) is 70.9 Å². The van der Waals surface area contributed by atoms with Crippen molar-refractivity contribution in [1.29, 1.82) is 0 Å². The first-order valence-corrected chi connectivity index (χ1v) is 10.1. The van der Waals surface area contributed by atoms with Gasteiger partial charge in [-0.1, -0.05) is 28.1 Å². The third-order valence-electron chi connectivity index (χ3n) is 4.63. The van der Waals surface area contributed by atoms with E-state index in [-0.39, 0.29) is 12.0 Å². The van der Waals surface area contributed by atoms with E-state index in [4.69, 9.17) is 9.15 Å². The first-order chi connectivity index (χ1) is 13.7. The average molecular weight is 441 g/mol. The molecule has 1 fully saturated rings. The van der Waals surface area contributed by atoms with Crippen molar-refractivity contribution in [2.24, 2.45) is 0 Å². The number of benzene rings is 2. The molecule has 0 radical (unpaired) electrons. The molecular formula is C22H21BrN2O3. The van der Waals surface area contributed by atoms with E-state index in [2.05, 4.69) is 26.6 Å². The fourth-order valence-electron chi connectivity index (χ4n) is 3.11. The molecule has 0 bridgehead atoms. The van der Waals surface area contributed by atoms with Crippen LogP contribution in [0.25, 0.3) is 11.3 Å². The summed E-state index contributed by atoms with van der Waals surface area (Å²) in [4.78, 5) is 12.1. The van der Waals surface area contributed by atoms with Gasteiger partial charge < -0.3 is 19.8 Å². The number of halogens is 1. The first-order valence-electron chi connectivity index (χ1n) is 9.28. The first kappa shape index (κ1) is 18.8. The van der Waals surface area contributed by atoms with Crippen molar-refractivity contribution in [2.45, 2.75) is 25.5 Å². The quantitative estimate of drug-likeness (QED) is 0.535. The fourth-order valence-corrected chi connectivity index (χ4v) is 3.37. The number of anilines is 2. The Labute approximate surface area is 172 Å². The highest BCUT2D eigenvalue weighted by molar-refractivity contribution is 9.10. The SMILES string of the molecule is O=C(Nc1ccc(NCc2ccc(-c3ccc(Br)cc3)o2)cc1)C1CCCO1. The third-order valence-corrected chi connectivity index (χ3v) is 5.16. The predicted molar refractivity (Wildman–Crippen MR) is 113 cm³/mol. The molecule has 1 amide bonds. The largest absolute Gasteiger partial charge is 0.459 e. The summed E-state index contributed by atoms with van der Waals surface area (Å²) < 4.78 is 12.4. The zero-order valence-corrected chi connectivity index (χ0v) is 16.9. The van der Waals surface area contributed by atoms with Crippen molar-refractivity contribution < 1.29 is 13.9 Å². The molecule has 5 nitrogen and oxygen atoms in total. The van der Waals surface area contributed by atoms with Crippen LogP contribution in [0.5, 0.6) is 0 Å². The molecule has 1 unspecified atom stereocenters. The number of hydrogen-bond acceptors (Lipinski definition) is 4. The van der Waals surface area contributed by atoms with Crippen LogP contribution >= 0.6 is 15.9 Å². The summed E-state index contributed by atoms with van der Waals surface area (Å²) in [5.41, 5.74) is 2.76. The Morgan fingerprint density at radius 2 is 1.75 bits per heavy atom. The molecule has 1 aromatic heterocycles. The highest BCUT2D eigenvalue weighted by Gasteiger charge is 2.23. The Morgan fingerprint density at radius 3 is 2.46 bits per heavy atom. The van der Waals surface area contributed by atoms with E-state index >= 15 is 0 Å². The van der Waals surface area contributed by atoms with Gasteiger partial charge in [0.25, 0.3) is 5.91 Å². The molecule has 0 spiro atoms. The van der Waals surface area contributed by atoms with Crippen LogP contribution in [0.4, 0.5) is 11.4 Å². The Bertz CT molecular complexity index is 929. The fraction of sp³-hybridized carbons (Fsp3) is 0.227. The van der Waals surface area contributed by atoms with Crippen molar-refractivity contribution in [2.75, 3.05) is 17.2 Å².